The predicted octanol–water partition coefficient (Wildman–Crippen LogP) is 2.38. The Morgan fingerprint density at radius 2 is 2.07 bits per heavy atom. The average Bonchev–Trinajstić information content (AvgIpc) is 3.17. The van der Waals surface area contributed by atoms with Gasteiger partial charge in [-0.3, -0.25) is 9.59 Å². The Labute approximate surface area is 169 Å². The van der Waals surface area contributed by atoms with Crippen molar-refractivity contribution in [3.8, 4) is 0 Å². The molecule has 0 spiro atoms. The number of carbonyl (C=O) groups is 2. The smallest absolute Gasteiger partial charge is 0.310 e. The number of thiophene rings is 1. The minimum Gasteiger partial charge on any atom is -0.481 e. The SMILES string of the molecule is NC(CC(=O)CC(=O)O)(c1ccsc1)c1ccc(N2CCOCC2)c(Br)n1. The number of morpholine rings is 1. The predicted molar refractivity (Wildman–Crippen MR) is 106 cm³/mol. The van der Waals surface area contributed by atoms with Crippen LogP contribution in [0.1, 0.15) is 24.1 Å². The van der Waals surface area contributed by atoms with E-state index >= 15 is 0 Å². The Kier molecular flexibility index (Phi) is 6.25. The number of aliphatic carboxylic acids is 1. The number of carboxylic acids is 1. The van der Waals surface area contributed by atoms with Crippen LogP contribution in [0.3, 0.4) is 0 Å². The lowest BCUT2D eigenvalue weighted by molar-refractivity contribution is -0.140. The highest BCUT2D eigenvalue weighted by Gasteiger charge is 2.35. The van der Waals surface area contributed by atoms with E-state index in [1.807, 2.05) is 22.9 Å². The van der Waals surface area contributed by atoms with Crippen molar-refractivity contribution < 1.29 is 19.4 Å². The molecule has 2 aromatic heterocycles. The molecule has 2 aromatic rings. The number of ether oxygens (including phenoxy) is 1. The van der Waals surface area contributed by atoms with Crippen LogP contribution in [-0.4, -0.2) is 48.1 Å². The second kappa shape index (κ2) is 8.47. The molecule has 1 fully saturated rings. The summed E-state index contributed by atoms with van der Waals surface area (Å²) in [5.74, 6) is -1.60. The first-order chi connectivity index (χ1) is 12.9. The van der Waals surface area contributed by atoms with E-state index in [1.54, 1.807) is 6.07 Å². The van der Waals surface area contributed by atoms with Crippen molar-refractivity contribution in [1.82, 2.24) is 4.98 Å². The summed E-state index contributed by atoms with van der Waals surface area (Å²) in [6.45, 7) is 2.87. The maximum atomic E-state index is 12.2. The number of carbonyl (C=O) groups excluding carboxylic acids is 1. The molecule has 1 saturated heterocycles. The second-order valence-electron chi connectivity index (χ2n) is 6.38. The number of rotatable bonds is 7. The van der Waals surface area contributed by atoms with Crippen LogP contribution in [0, 0.1) is 0 Å². The number of hydrogen-bond donors (Lipinski definition) is 2. The zero-order chi connectivity index (χ0) is 19.4. The molecule has 3 N–H and O–H groups in total. The normalized spacial score (nSPS) is 16.7. The highest BCUT2D eigenvalue weighted by Crippen LogP contribution is 2.35. The van der Waals surface area contributed by atoms with Gasteiger partial charge >= 0.3 is 5.97 Å². The Morgan fingerprint density at radius 3 is 2.67 bits per heavy atom. The van der Waals surface area contributed by atoms with E-state index in [0.29, 0.717) is 23.5 Å². The van der Waals surface area contributed by atoms with Gasteiger partial charge in [-0.25, -0.2) is 4.98 Å². The first-order valence-corrected chi connectivity index (χ1v) is 10.2. The Bertz CT molecular complexity index is 824. The first kappa shape index (κ1) is 19.9. The van der Waals surface area contributed by atoms with Gasteiger partial charge in [-0.2, -0.15) is 11.3 Å². The Balaban J connectivity index is 1.93. The molecule has 1 unspecified atom stereocenters. The molecule has 1 atom stereocenters. The van der Waals surface area contributed by atoms with Crippen molar-refractivity contribution in [1.29, 1.82) is 0 Å². The van der Waals surface area contributed by atoms with Gasteiger partial charge < -0.3 is 20.5 Å². The highest BCUT2D eigenvalue weighted by molar-refractivity contribution is 9.10. The van der Waals surface area contributed by atoms with Gasteiger partial charge in [-0.05, 0) is 50.5 Å². The van der Waals surface area contributed by atoms with Gasteiger partial charge in [0.05, 0.1) is 30.1 Å². The molecule has 1 aliphatic rings. The molecule has 27 heavy (non-hydrogen) atoms. The maximum Gasteiger partial charge on any atom is 0.310 e. The topological polar surface area (TPSA) is 106 Å². The van der Waals surface area contributed by atoms with E-state index in [1.165, 1.54) is 11.3 Å². The lowest BCUT2D eigenvalue weighted by atomic mass is 9.83. The number of anilines is 1. The number of nitrogens with two attached hydrogens (primary N) is 1. The molecule has 3 heterocycles. The van der Waals surface area contributed by atoms with Gasteiger partial charge in [-0.15, -0.1) is 0 Å². The van der Waals surface area contributed by atoms with Crippen LogP contribution >= 0.6 is 27.3 Å². The quantitative estimate of drug-likeness (QED) is 0.489. The summed E-state index contributed by atoms with van der Waals surface area (Å²) in [5.41, 5.74) is 7.65. The largest absolute Gasteiger partial charge is 0.481 e. The molecule has 7 nitrogen and oxygen atoms in total. The maximum absolute atomic E-state index is 12.2. The van der Waals surface area contributed by atoms with Crippen molar-refractivity contribution in [3.63, 3.8) is 0 Å². The molecule has 3 rings (SSSR count). The Hall–Kier alpha value is -1.81. The number of ketones is 1. The summed E-state index contributed by atoms with van der Waals surface area (Å²) >= 11 is 4.98. The fourth-order valence-corrected chi connectivity index (χ4v) is 4.43. The van der Waals surface area contributed by atoms with Crippen LogP contribution in [0.25, 0.3) is 0 Å². The van der Waals surface area contributed by atoms with Crippen LogP contribution in [-0.2, 0) is 19.9 Å². The summed E-state index contributed by atoms with van der Waals surface area (Å²) in [6, 6.07) is 5.57. The number of Topliss-reactive ketones (excluding diaryl/α,β-unsaturated/α-hetero) is 1. The number of pyridine rings is 1. The van der Waals surface area contributed by atoms with E-state index in [-0.39, 0.29) is 6.42 Å². The van der Waals surface area contributed by atoms with Crippen molar-refractivity contribution >= 4 is 44.7 Å². The van der Waals surface area contributed by atoms with Gasteiger partial charge in [0.1, 0.15) is 16.8 Å². The number of hydrogen-bond acceptors (Lipinski definition) is 7. The van der Waals surface area contributed by atoms with E-state index < -0.39 is 23.7 Å². The average molecular weight is 454 g/mol. The van der Waals surface area contributed by atoms with Crippen molar-refractivity contribution in [2.45, 2.75) is 18.4 Å². The van der Waals surface area contributed by atoms with E-state index in [2.05, 4.69) is 25.8 Å². The van der Waals surface area contributed by atoms with E-state index in [9.17, 15) is 9.59 Å². The van der Waals surface area contributed by atoms with Gasteiger partial charge in [-0.1, -0.05) is 0 Å². The number of aromatic nitrogens is 1. The third-order valence-electron chi connectivity index (χ3n) is 4.50. The minimum absolute atomic E-state index is 0.133. The zero-order valence-corrected chi connectivity index (χ0v) is 17.0. The molecule has 0 aliphatic carbocycles. The summed E-state index contributed by atoms with van der Waals surface area (Å²) < 4.78 is 6.02. The van der Waals surface area contributed by atoms with Crippen LogP contribution in [0.15, 0.2) is 33.6 Å². The van der Waals surface area contributed by atoms with Gasteiger partial charge in [0.25, 0.3) is 0 Å². The monoisotopic (exact) mass is 453 g/mol. The molecule has 1 aliphatic heterocycles. The first-order valence-electron chi connectivity index (χ1n) is 8.45. The molecule has 9 heteroatoms. The number of halogens is 1. The lowest BCUT2D eigenvalue weighted by Gasteiger charge is -2.31. The molecule has 0 saturated carbocycles. The van der Waals surface area contributed by atoms with Gasteiger partial charge in [0.15, 0.2) is 0 Å². The molecule has 144 valence electrons. The van der Waals surface area contributed by atoms with Crippen LogP contribution in [0.4, 0.5) is 5.69 Å². The molecule has 0 amide bonds. The summed E-state index contributed by atoms with van der Waals surface area (Å²) in [6.07, 6.45) is -0.692. The van der Waals surface area contributed by atoms with Gasteiger partial charge in [0, 0.05) is 19.5 Å². The van der Waals surface area contributed by atoms with Crippen LogP contribution < -0.4 is 10.6 Å². The van der Waals surface area contributed by atoms with E-state index in [0.717, 1.165) is 24.3 Å². The van der Waals surface area contributed by atoms with E-state index in [4.69, 9.17) is 15.6 Å². The molecule has 0 bridgehead atoms. The van der Waals surface area contributed by atoms with Crippen molar-refractivity contribution in [3.05, 3.63) is 44.8 Å². The van der Waals surface area contributed by atoms with Gasteiger partial charge in [0.2, 0.25) is 0 Å². The van der Waals surface area contributed by atoms with Crippen molar-refractivity contribution in [2.24, 2.45) is 5.73 Å². The highest BCUT2D eigenvalue weighted by atomic mass is 79.9. The fraction of sp³-hybridized carbons (Fsp3) is 0.389. The second-order valence-corrected chi connectivity index (χ2v) is 7.91. The molecule has 0 aromatic carbocycles. The number of nitrogens with zero attached hydrogens (tertiary/aromatic N) is 2. The summed E-state index contributed by atoms with van der Waals surface area (Å²) in [7, 11) is 0. The minimum atomic E-state index is -1.18. The third-order valence-corrected chi connectivity index (χ3v) is 5.77. The van der Waals surface area contributed by atoms with Crippen molar-refractivity contribution in [2.75, 3.05) is 31.2 Å². The summed E-state index contributed by atoms with van der Waals surface area (Å²) in [5, 5.41) is 12.6. The molecule has 0 radical (unpaired) electrons. The summed E-state index contributed by atoms with van der Waals surface area (Å²) in [4.78, 5) is 29.9. The molecular weight excluding hydrogens is 434 g/mol. The zero-order valence-electron chi connectivity index (χ0n) is 14.6. The van der Waals surface area contributed by atoms with Crippen LogP contribution in [0.2, 0.25) is 0 Å². The molecular formula is C18H20BrN3O4S. The lowest BCUT2D eigenvalue weighted by Crippen LogP contribution is -2.41. The fourth-order valence-electron chi connectivity index (χ4n) is 3.12. The van der Waals surface area contributed by atoms with Crippen LogP contribution in [0.5, 0.6) is 0 Å². The standard InChI is InChI=1S/C18H20BrN3O4S/c19-17-14(22-4-6-26-7-5-22)1-2-15(21-17)18(20,12-3-8-27-11-12)10-13(23)9-16(24)25/h1-3,8,11H,4-7,9-10,20H2,(H,24,25). The number of carboxylic acid groups (broad SMARTS) is 1. The third kappa shape index (κ3) is 4.55. The Morgan fingerprint density at radius 1 is 1.33 bits per heavy atom.